The van der Waals surface area contributed by atoms with E-state index in [1.54, 1.807) is 42.6 Å². The number of non-ortho nitro benzene ring substituents is 1. The summed E-state index contributed by atoms with van der Waals surface area (Å²) >= 11 is 0. The molecule has 0 saturated carbocycles. The molecule has 0 radical (unpaired) electrons. The van der Waals surface area contributed by atoms with Crippen molar-refractivity contribution >= 4 is 34.3 Å². The molecule has 0 aliphatic rings. The maximum Gasteiger partial charge on any atom is 0.269 e. The van der Waals surface area contributed by atoms with Crippen molar-refractivity contribution in [2.24, 2.45) is 0 Å². The van der Waals surface area contributed by atoms with Gasteiger partial charge in [-0.3, -0.25) is 19.7 Å². The number of nitrogens with two attached hydrogens (primary N) is 1. The fourth-order valence-corrected chi connectivity index (χ4v) is 3.67. The Kier molecular flexibility index (Phi) is 5.88. The van der Waals surface area contributed by atoms with Crippen LogP contribution in [0.1, 0.15) is 26.4 Å². The molecule has 172 valence electrons. The topological polar surface area (TPSA) is 138 Å². The number of nitro benzene ring substituents is 1. The Balaban J connectivity index is 1.78. The average molecular weight is 460 g/mol. The zero-order valence-electron chi connectivity index (χ0n) is 18.3. The van der Waals surface area contributed by atoms with Gasteiger partial charge in [0.1, 0.15) is 17.2 Å². The second-order valence-electron chi connectivity index (χ2n) is 7.25. The third-order valence-corrected chi connectivity index (χ3v) is 5.32. The van der Waals surface area contributed by atoms with Crippen molar-refractivity contribution in [1.82, 2.24) is 4.40 Å². The van der Waals surface area contributed by atoms with Gasteiger partial charge in [-0.05, 0) is 36.4 Å². The molecule has 2 heterocycles. The van der Waals surface area contributed by atoms with Crippen molar-refractivity contribution < 1.29 is 24.0 Å². The minimum absolute atomic E-state index is 0.0195. The van der Waals surface area contributed by atoms with Gasteiger partial charge in [-0.15, -0.1) is 0 Å². The average Bonchev–Trinajstić information content (AvgIpc) is 3.15. The van der Waals surface area contributed by atoms with Crippen molar-refractivity contribution in [2.75, 3.05) is 25.3 Å². The zero-order valence-corrected chi connectivity index (χ0v) is 18.3. The van der Waals surface area contributed by atoms with E-state index < -0.39 is 16.6 Å². The molecule has 4 aromatic rings. The number of nitrogen functional groups attached to an aromatic ring is 1. The van der Waals surface area contributed by atoms with Gasteiger partial charge in [0.2, 0.25) is 5.78 Å². The first-order valence-corrected chi connectivity index (χ1v) is 10.1. The van der Waals surface area contributed by atoms with E-state index in [0.717, 1.165) is 0 Å². The monoisotopic (exact) mass is 460 g/mol. The summed E-state index contributed by atoms with van der Waals surface area (Å²) in [5.74, 6) is -0.0969. The number of fused-ring (bicyclic) bond motifs is 1. The highest BCUT2D eigenvalue weighted by molar-refractivity contribution is 6.20. The molecule has 4 rings (SSSR count). The molecule has 0 unspecified atom stereocenters. The Hall–Kier alpha value is -4.86. The van der Waals surface area contributed by atoms with Crippen molar-refractivity contribution in [3.05, 3.63) is 93.8 Å². The van der Waals surface area contributed by atoms with Crippen LogP contribution in [0.15, 0.2) is 66.9 Å². The number of ether oxygens (including phenoxy) is 2. The quantitative estimate of drug-likeness (QED) is 0.242. The van der Waals surface area contributed by atoms with E-state index in [0.29, 0.717) is 22.7 Å². The predicted octanol–water partition coefficient (Wildman–Crippen LogP) is 3.93. The second kappa shape index (κ2) is 8.94. The highest BCUT2D eigenvalue weighted by Crippen LogP contribution is 2.33. The van der Waals surface area contributed by atoms with Crippen molar-refractivity contribution in [2.45, 2.75) is 0 Å². The van der Waals surface area contributed by atoms with E-state index in [4.69, 9.17) is 15.2 Å². The SMILES string of the molecule is COc1ccc(OC)c(NC(=O)c2c(N)c(C(=O)c3ccc([N+](=O)[O-])cc3)n3ccccc23)c1. The molecule has 2 aromatic heterocycles. The number of aromatic nitrogens is 1. The first-order chi connectivity index (χ1) is 16.3. The molecule has 0 atom stereocenters. The van der Waals surface area contributed by atoms with Gasteiger partial charge in [0.05, 0.1) is 41.6 Å². The number of pyridine rings is 1. The Morgan fingerprint density at radius 1 is 1.03 bits per heavy atom. The van der Waals surface area contributed by atoms with E-state index in [-0.39, 0.29) is 28.2 Å². The number of carbonyl (C=O) groups is 2. The lowest BCUT2D eigenvalue weighted by Crippen LogP contribution is -2.15. The van der Waals surface area contributed by atoms with Crippen LogP contribution < -0.4 is 20.5 Å². The number of amides is 1. The third kappa shape index (κ3) is 3.88. The smallest absolute Gasteiger partial charge is 0.269 e. The summed E-state index contributed by atoms with van der Waals surface area (Å²) in [5.41, 5.74) is 7.35. The summed E-state index contributed by atoms with van der Waals surface area (Å²) in [7, 11) is 2.98. The van der Waals surface area contributed by atoms with E-state index >= 15 is 0 Å². The van der Waals surface area contributed by atoms with Gasteiger partial charge in [0, 0.05) is 30.0 Å². The van der Waals surface area contributed by atoms with E-state index in [2.05, 4.69) is 5.32 Å². The number of nitrogens with zero attached hydrogens (tertiary/aromatic N) is 2. The molecule has 2 aromatic carbocycles. The van der Waals surface area contributed by atoms with Gasteiger partial charge in [0.15, 0.2) is 0 Å². The van der Waals surface area contributed by atoms with Crippen molar-refractivity contribution in [3.63, 3.8) is 0 Å². The van der Waals surface area contributed by atoms with Crippen LogP contribution in [0.3, 0.4) is 0 Å². The fraction of sp³-hybridized carbons (Fsp3) is 0.0833. The van der Waals surface area contributed by atoms with Gasteiger partial charge >= 0.3 is 0 Å². The van der Waals surface area contributed by atoms with Crippen molar-refractivity contribution in [3.8, 4) is 11.5 Å². The Bertz CT molecular complexity index is 1430. The molecule has 0 aliphatic heterocycles. The lowest BCUT2D eigenvalue weighted by molar-refractivity contribution is -0.384. The number of hydrogen-bond donors (Lipinski definition) is 2. The van der Waals surface area contributed by atoms with Crippen LogP contribution in [0, 0.1) is 10.1 Å². The van der Waals surface area contributed by atoms with Gasteiger partial charge in [-0.25, -0.2) is 0 Å². The van der Waals surface area contributed by atoms with Crippen LogP contribution in [0.5, 0.6) is 11.5 Å². The Morgan fingerprint density at radius 3 is 2.41 bits per heavy atom. The molecule has 0 fully saturated rings. The summed E-state index contributed by atoms with van der Waals surface area (Å²) in [5, 5.41) is 13.7. The molecule has 1 amide bonds. The van der Waals surface area contributed by atoms with Gasteiger partial charge < -0.3 is 24.9 Å². The first kappa shape index (κ1) is 22.3. The van der Waals surface area contributed by atoms with Gasteiger partial charge in [-0.1, -0.05) is 6.07 Å². The number of nitro groups is 1. The number of anilines is 2. The normalized spacial score (nSPS) is 10.6. The van der Waals surface area contributed by atoms with Crippen LogP contribution in [-0.2, 0) is 0 Å². The summed E-state index contributed by atoms with van der Waals surface area (Å²) < 4.78 is 12.1. The molecule has 0 saturated heterocycles. The largest absolute Gasteiger partial charge is 0.497 e. The molecule has 34 heavy (non-hydrogen) atoms. The maximum absolute atomic E-state index is 13.3. The second-order valence-corrected chi connectivity index (χ2v) is 7.25. The Labute approximate surface area is 193 Å². The first-order valence-electron chi connectivity index (χ1n) is 10.1. The Morgan fingerprint density at radius 2 is 1.76 bits per heavy atom. The van der Waals surface area contributed by atoms with Crippen LogP contribution in [-0.4, -0.2) is 35.2 Å². The highest BCUT2D eigenvalue weighted by Gasteiger charge is 2.27. The lowest BCUT2D eigenvalue weighted by atomic mass is 10.1. The summed E-state index contributed by atoms with van der Waals surface area (Å²) in [6, 6.07) is 15.2. The number of carbonyl (C=O) groups excluding carboxylic acids is 2. The molecule has 0 aliphatic carbocycles. The molecule has 3 N–H and O–H groups in total. The van der Waals surface area contributed by atoms with Crippen LogP contribution in [0.25, 0.3) is 5.52 Å². The molecular weight excluding hydrogens is 440 g/mol. The summed E-state index contributed by atoms with van der Waals surface area (Å²) in [4.78, 5) is 37.0. The van der Waals surface area contributed by atoms with Gasteiger partial charge in [-0.2, -0.15) is 0 Å². The fourth-order valence-electron chi connectivity index (χ4n) is 3.67. The number of benzene rings is 2. The van der Waals surface area contributed by atoms with Crippen LogP contribution >= 0.6 is 0 Å². The van der Waals surface area contributed by atoms with E-state index in [9.17, 15) is 19.7 Å². The van der Waals surface area contributed by atoms with Crippen LogP contribution in [0.2, 0.25) is 0 Å². The maximum atomic E-state index is 13.3. The van der Waals surface area contributed by atoms with Gasteiger partial charge in [0.25, 0.3) is 11.6 Å². The van der Waals surface area contributed by atoms with E-state index in [1.165, 1.54) is 42.9 Å². The summed E-state index contributed by atoms with van der Waals surface area (Å²) in [6.07, 6.45) is 1.62. The minimum atomic E-state index is -0.551. The molecular formula is C24H20N4O6. The third-order valence-electron chi connectivity index (χ3n) is 5.32. The standard InChI is InChI=1S/C24H20N4O6/c1-33-16-10-11-19(34-2)17(13-16)26-24(30)20-18-5-3-4-12-27(18)22(21(20)25)23(29)14-6-8-15(9-7-14)28(31)32/h3-13H,25H2,1-2H3,(H,26,30). The van der Waals surface area contributed by atoms with E-state index in [1.807, 2.05) is 0 Å². The molecule has 0 spiro atoms. The molecule has 10 nitrogen and oxygen atoms in total. The zero-order chi connectivity index (χ0) is 24.4. The number of hydrogen-bond acceptors (Lipinski definition) is 7. The van der Waals surface area contributed by atoms with Crippen LogP contribution in [0.4, 0.5) is 17.1 Å². The minimum Gasteiger partial charge on any atom is -0.497 e. The number of ketones is 1. The van der Waals surface area contributed by atoms with Crippen molar-refractivity contribution in [1.29, 1.82) is 0 Å². The molecule has 10 heteroatoms. The predicted molar refractivity (Wildman–Crippen MR) is 126 cm³/mol. The lowest BCUT2D eigenvalue weighted by Gasteiger charge is -2.12. The number of nitrogens with one attached hydrogen (secondary N) is 1. The summed E-state index contributed by atoms with van der Waals surface area (Å²) in [6.45, 7) is 0. The molecule has 0 bridgehead atoms. The number of methoxy groups -OCH3 is 2. The highest BCUT2D eigenvalue weighted by atomic mass is 16.6. The number of rotatable bonds is 7.